The van der Waals surface area contributed by atoms with Gasteiger partial charge >= 0.3 is 0 Å². The monoisotopic (exact) mass is 257 g/mol. The van der Waals surface area contributed by atoms with Gasteiger partial charge in [-0.3, -0.25) is 4.99 Å². The van der Waals surface area contributed by atoms with Crippen LogP contribution in [-0.2, 0) is 0 Å². The summed E-state index contributed by atoms with van der Waals surface area (Å²) < 4.78 is 0. The highest BCUT2D eigenvalue weighted by atomic mass is 15.4. The smallest absolute Gasteiger partial charge is 0.196 e. The lowest BCUT2D eigenvalue weighted by molar-refractivity contribution is 0.346. The molecule has 1 unspecified atom stereocenters. The minimum absolute atomic E-state index is 0.114. The summed E-state index contributed by atoms with van der Waals surface area (Å²) >= 11 is 0. The van der Waals surface area contributed by atoms with Crippen LogP contribution < -0.4 is 10.6 Å². The Bertz CT molecular complexity index is 515. The van der Waals surface area contributed by atoms with E-state index in [-0.39, 0.29) is 5.54 Å². The van der Waals surface area contributed by atoms with Crippen molar-refractivity contribution in [3.8, 4) is 0 Å². The molecular formula is C16H23N3. The maximum atomic E-state index is 6.17. The lowest BCUT2D eigenvalue weighted by atomic mass is 9.87. The van der Waals surface area contributed by atoms with Crippen molar-refractivity contribution < 1.29 is 0 Å². The maximum Gasteiger partial charge on any atom is 0.196 e. The highest BCUT2D eigenvalue weighted by molar-refractivity contribution is 5.98. The van der Waals surface area contributed by atoms with Gasteiger partial charge in [-0.1, -0.05) is 31.5 Å². The van der Waals surface area contributed by atoms with E-state index >= 15 is 0 Å². The molecule has 102 valence electrons. The van der Waals surface area contributed by atoms with E-state index < -0.39 is 0 Å². The molecule has 1 aliphatic carbocycles. The van der Waals surface area contributed by atoms with Gasteiger partial charge in [0.1, 0.15) is 0 Å². The molecule has 2 N–H and O–H groups in total. The van der Waals surface area contributed by atoms with Crippen molar-refractivity contribution in [2.45, 2.75) is 45.6 Å². The molecule has 1 aromatic rings. The van der Waals surface area contributed by atoms with E-state index in [4.69, 9.17) is 5.73 Å². The SMILES string of the molecule is Cc1ccc(N2C(N)=NCC23CCC(C)(C)C3)cc1. The van der Waals surface area contributed by atoms with Crippen LogP contribution in [-0.4, -0.2) is 18.0 Å². The van der Waals surface area contributed by atoms with E-state index in [2.05, 4.69) is 54.9 Å². The number of benzene rings is 1. The standard InChI is InChI=1S/C16H23N3/c1-12-4-6-13(7-5-12)19-14(17)18-11-16(19)9-8-15(2,3)10-16/h4-7H,8-11H2,1-3H3,(H2,17,18). The van der Waals surface area contributed by atoms with E-state index in [0.717, 1.165) is 13.0 Å². The van der Waals surface area contributed by atoms with Gasteiger partial charge in [-0.2, -0.15) is 0 Å². The molecule has 0 bridgehead atoms. The molecule has 3 rings (SSSR count). The first-order chi connectivity index (χ1) is 8.92. The minimum Gasteiger partial charge on any atom is -0.369 e. The first-order valence-electron chi connectivity index (χ1n) is 7.09. The first kappa shape index (κ1) is 12.5. The van der Waals surface area contributed by atoms with Crippen LogP contribution in [0.3, 0.4) is 0 Å². The molecule has 1 aromatic carbocycles. The Balaban J connectivity index is 1.97. The molecule has 0 saturated heterocycles. The number of guanidine groups is 1. The van der Waals surface area contributed by atoms with Gasteiger partial charge < -0.3 is 10.6 Å². The third kappa shape index (κ3) is 2.01. The Labute approximate surface area is 115 Å². The Kier molecular flexibility index (Phi) is 2.63. The molecular weight excluding hydrogens is 234 g/mol. The fourth-order valence-corrected chi connectivity index (χ4v) is 3.68. The van der Waals surface area contributed by atoms with Crippen LogP contribution in [0.1, 0.15) is 38.7 Å². The number of nitrogens with two attached hydrogens (primary N) is 1. The van der Waals surface area contributed by atoms with Crippen LogP contribution in [0, 0.1) is 12.3 Å². The molecule has 3 nitrogen and oxygen atoms in total. The van der Waals surface area contributed by atoms with Crippen molar-refractivity contribution in [1.82, 2.24) is 0 Å². The molecule has 2 aliphatic rings. The topological polar surface area (TPSA) is 41.6 Å². The third-order valence-electron chi connectivity index (χ3n) is 4.61. The summed E-state index contributed by atoms with van der Waals surface area (Å²) in [5, 5.41) is 0. The average Bonchev–Trinajstić information content (AvgIpc) is 2.82. The molecule has 1 heterocycles. The number of hydrogen-bond donors (Lipinski definition) is 1. The van der Waals surface area contributed by atoms with Gasteiger partial charge in [0.2, 0.25) is 0 Å². The summed E-state index contributed by atoms with van der Waals surface area (Å²) in [5.74, 6) is 0.682. The van der Waals surface area contributed by atoms with Gasteiger partial charge in [0, 0.05) is 5.69 Å². The molecule has 0 radical (unpaired) electrons. The van der Waals surface area contributed by atoms with Gasteiger partial charge in [0.05, 0.1) is 12.1 Å². The molecule has 3 heteroatoms. The van der Waals surface area contributed by atoms with E-state index in [0.29, 0.717) is 11.4 Å². The first-order valence-corrected chi connectivity index (χ1v) is 7.09. The number of anilines is 1. The van der Waals surface area contributed by atoms with Crippen molar-refractivity contribution in [2.75, 3.05) is 11.4 Å². The Hall–Kier alpha value is -1.51. The fourth-order valence-electron chi connectivity index (χ4n) is 3.68. The lowest BCUT2D eigenvalue weighted by Crippen LogP contribution is -2.50. The summed E-state index contributed by atoms with van der Waals surface area (Å²) in [6.07, 6.45) is 3.59. The second kappa shape index (κ2) is 3.99. The van der Waals surface area contributed by atoms with Crippen LogP contribution in [0.25, 0.3) is 0 Å². The summed E-state index contributed by atoms with van der Waals surface area (Å²) in [4.78, 5) is 6.82. The predicted octanol–water partition coefficient (Wildman–Crippen LogP) is 3.08. The Morgan fingerprint density at radius 3 is 2.42 bits per heavy atom. The summed E-state index contributed by atoms with van der Waals surface area (Å²) in [6, 6.07) is 8.62. The summed E-state index contributed by atoms with van der Waals surface area (Å²) in [7, 11) is 0. The molecule has 0 amide bonds. The molecule has 19 heavy (non-hydrogen) atoms. The van der Waals surface area contributed by atoms with Gasteiger partial charge in [-0.05, 0) is 43.7 Å². The number of aliphatic imine (C=N–C) groups is 1. The maximum absolute atomic E-state index is 6.17. The van der Waals surface area contributed by atoms with Crippen molar-refractivity contribution >= 4 is 11.6 Å². The molecule has 1 atom stereocenters. The Morgan fingerprint density at radius 2 is 1.84 bits per heavy atom. The highest BCUT2D eigenvalue weighted by Crippen LogP contribution is 2.49. The molecule has 0 aromatic heterocycles. The van der Waals surface area contributed by atoms with E-state index in [1.165, 1.54) is 24.1 Å². The number of aryl methyl sites for hydroxylation is 1. The van der Waals surface area contributed by atoms with Crippen LogP contribution >= 0.6 is 0 Å². The number of nitrogens with zero attached hydrogens (tertiary/aromatic N) is 2. The minimum atomic E-state index is 0.114. The molecule has 1 fully saturated rings. The van der Waals surface area contributed by atoms with Crippen molar-refractivity contribution in [2.24, 2.45) is 16.1 Å². The van der Waals surface area contributed by atoms with Crippen LogP contribution in [0.5, 0.6) is 0 Å². The van der Waals surface area contributed by atoms with Crippen molar-refractivity contribution in [3.05, 3.63) is 29.8 Å². The van der Waals surface area contributed by atoms with Gasteiger partial charge in [-0.15, -0.1) is 0 Å². The summed E-state index contributed by atoms with van der Waals surface area (Å²) in [5.41, 5.74) is 9.13. The highest BCUT2D eigenvalue weighted by Gasteiger charge is 2.50. The lowest BCUT2D eigenvalue weighted by Gasteiger charge is -2.37. The number of hydrogen-bond acceptors (Lipinski definition) is 3. The van der Waals surface area contributed by atoms with E-state index in [1.54, 1.807) is 0 Å². The zero-order valence-electron chi connectivity index (χ0n) is 12.1. The molecule has 1 aliphatic heterocycles. The normalized spacial score (nSPS) is 29.0. The van der Waals surface area contributed by atoms with Crippen LogP contribution in [0.4, 0.5) is 5.69 Å². The van der Waals surface area contributed by atoms with Crippen molar-refractivity contribution in [1.29, 1.82) is 0 Å². The van der Waals surface area contributed by atoms with E-state index in [1.807, 2.05) is 0 Å². The zero-order chi connectivity index (χ0) is 13.7. The largest absolute Gasteiger partial charge is 0.369 e. The van der Waals surface area contributed by atoms with Crippen LogP contribution in [0.2, 0.25) is 0 Å². The Morgan fingerprint density at radius 1 is 1.16 bits per heavy atom. The fraction of sp³-hybridized carbons (Fsp3) is 0.562. The third-order valence-corrected chi connectivity index (χ3v) is 4.61. The average molecular weight is 257 g/mol. The zero-order valence-corrected chi connectivity index (χ0v) is 12.1. The van der Waals surface area contributed by atoms with Gasteiger partial charge in [0.15, 0.2) is 5.96 Å². The quantitative estimate of drug-likeness (QED) is 0.840. The van der Waals surface area contributed by atoms with Gasteiger partial charge in [0.25, 0.3) is 0 Å². The second-order valence-corrected chi connectivity index (χ2v) is 6.91. The molecule has 1 saturated carbocycles. The predicted molar refractivity (Wildman–Crippen MR) is 80.5 cm³/mol. The summed E-state index contributed by atoms with van der Waals surface area (Å²) in [6.45, 7) is 7.66. The number of rotatable bonds is 1. The van der Waals surface area contributed by atoms with Crippen LogP contribution in [0.15, 0.2) is 29.3 Å². The van der Waals surface area contributed by atoms with Crippen molar-refractivity contribution in [3.63, 3.8) is 0 Å². The van der Waals surface area contributed by atoms with E-state index in [9.17, 15) is 0 Å². The second-order valence-electron chi connectivity index (χ2n) is 6.91. The van der Waals surface area contributed by atoms with Gasteiger partial charge in [-0.25, -0.2) is 0 Å². The molecule has 1 spiro atoms.